The number of aromatic nitrogens is 1. The zero-order valence-electron chi connectivity index (χ0n) is 10.7. The van der Waals surface area contributed by atoms with Gasteiger partial charge in [-0.3, -0.25) is 10.1 Å². The molecule has 0 fully saturated rings. The van der Waals surface area contributed by atoms with Gasteiger partial charge in [-0.25, -0.2) is 9.78 Å². The van der Waals surface area contributed by atoms with E-state index in [1.807, 2.05) is 6.07 Å². The Morgan fingerprint density at radius 2 is 2.14 bits per heavy atom. The van der Waals surface area contributed by atoms with Crippen molar-refractivity contribution in [3.63, 3.8) is 0 Å². The molecule has 0 aliphatic rings. The van der Waals surface area contributed by atoms with E-state index in [4.69, 9.17) is 5.11 Å². The molecule has 2 aromatic rings. The highest BCUT2D eigenvalue weighted by atomic mass is 32.2. The summed E-state index contributed by atoms with van der Waals surface area (Å²) in [6, 6.07) is 9.71. The number of aliphatic carboxylic acids is 1. The Morgan fingerprint density at radius 1 is 1.33 bits per heavy atom. The molecular weight excluding hydrogens is 292 g/mol. The highest BCUT2D eigenvalue weighted by Gasteiger charge is 2.11. The van der Waals surface area contributed by atoms with Crippen molar-refractivity contribution >= 4 is 29.5 Å². The monoisotopic (exact) mass is 302 g/mol. The van der Waals surface area contributed by atoms with Crippen LogP contribution in [0.15, 0.2) is 58.6 Å². The molecule has 1 aromatic carbocycles. The van der Waals surface area contributed by atoms with E-state index < -0.39 is 10.9 Å². The zero-order chi connectivity index (χ0) is 15.2. The van der Waals surface area contributed by atoms with E-state index in [0.29, 0.717) is 10.5 Å². The molecule has 0 amide bonds. The van der Waals surface area contributed by atoms with E-state index in [2.05, 4.69) is 4.98 Å². The fourth-order valence-corrected chi connectivity index (χ4v) is 2.42. The van der Waals surface area contributed by atoms with Gasteiger partial charge in [-0.05, 0) is 29.8 Å². The molecule has 0 unspecified atom stereocenters. The predicted octanol–water partition coefficient (Wildman–Crippen LogP) is 3.24. The molecule has 0 saturated carbocycles. The van der Waals surface area contributed by atoms with Gasteiger partial charge in [0, 0.05) is 29.3 Å². The van der Waals surface area contributed by atoms with E-state index in [9.17, 15) is 14.9 Å². The van der Waals surface area contributed by atoms with Crippen molar-refractivity contribution in [3.8, 4) is 0 Å². The minimum absolute atomic E-state index is 0.0922. The van der Waals surface area contributed by atoms with Gasteiger partial charge in [0.05, 0.1) is 4.92 Å². The van der Waals surface area contributed by atoms with Gasteiger partial charge < -0.3 is 5.11 Å². The lowest BCUT2D eigenvalue weighted by molar-refractivity contribution is -0.384. The number of rotatable bonds is 5. The summed E-state index contributed by atoms with van der Waals surface area (Å²) in [5.41, 5.74) is 0.368. The molecular formula is C14H10N2O4S. The first-order chi connectivity index (χ1) is 10.1. The third-order valence-corrected chi connectivity index (χ3v) is 3.50. The molecule has 1 N–H and O–H groups in total. The van der Waals surface area contributed by atoms with Crippen molar-refractivity contribution in [2.24, 2.45) is 0 Å². The molecule has 1 aromatic heterocycles. The number of pyridine rings is 1. The Morgan fingerprint density at radius 3 is 2.76 bits per heavy atom. The number of hydrogen-bond acceptors (Lipinski definition) is 5. The zero-order valence-corrected chi connectivity index (χ0v) is 11.5. The standard InChI is InChI=1S/C14H10N2O4S/c17-14(18)7-4-10-9-11(16(19)20)5-6-12(10)21-13-3-1-2-8-15-13/h1-9H,(H,17,18)/b7-4+. The molecule has 21 heavy (non-hydrogen) atoms. The smallest absolute Gasteiger partial charge is 0.328 e. The molecule has 6 nitrogen and oxygen atoms in total. The number of hydrogen-bond donors (Lipinski definition) is 1. The van der Waals surface area contributed by atoms with E-state index in [1.54, 1.807) is 24.4 Å². The van der Waals surface area contributed by atoms with Gasteiger partial charge in [-0.1, -0.05) is 17.8 Å². The molecule has 0 radical (unpaired) electrons. The second-order valence-electron chi connectivity index (χ2n) is 3.92. The Kier molecular flexibility index (Phi) is 4.68. The number of non-ortho nitro benzene ring substituents is 1. The maximum absolute atomic E-state index is 10.8. The van der Waals surface area contributed by atoms with Gasteiger partial charge in [0.25, 0.3) is 5.69 Å². The molecule has 7 heteroatoms. The Hall–Kier alpha value is -2.67. The van der Waals surface area contributed by atoms with Crippen molar-refractivity contribution in [3.05, 3.63) is 64.3 Å². The van der Waals surface area contributed by atoms with Crippen molar-refractivity contribution in [1.82, 2.24) is 4.98 Å². The average molecular weight is 302 g/mol. The van der Waals surface area contributed by atoms with Gasteiger partial charge in [-0.15, -0.1) is 0 Å². The molecule has 0 spiro atoms. The normalized spacial score (nSPS) is 10.7. The maximum atomic E-state index is 10.8. The van der Waals surface area contributed by atoms with Crippen LogP contribution in [-0.2, 0) is 4.79 Å². The number of benzene rings is 1. The van der Waals surface area contributed by atoms with Crippen molar-refractivity contribution < 1.29 is 14.8 Å². The lowest BCUT2D eigenvalue weighted by atomic mass is 10.2. The van der Waals surface area contributed by atoms with Crippen LogP contribution in [0.5, 0.6) is 0 Å². The van der Waals surface area contributed by atoms with Gasteiger partial charge in [0.2, 0.25) is 0 Å². The lowest BCUT2D eigenvalue weighted by Crippen LogP contribution is -1.91. The lowest BCUT2D eigenvalue weighted by Gasteiger charge is -2.05. The summed E-state index contributed by atoms with van der Waals surface area (Å²) in [7, 11) is 0. The highest BCUT2D eigenvalue weighted by Crippen LogP contribution is 2.32. The molecule has 2 rings (SSSR count). The van der Waals surface area contributed by atoms with Crippen molar-refractivity contribution in [2.45, 2.75) is 9.92 Å². The fourth-order valence-electron chi connectivity index (χ4n) is 1.55. The molecule has 106 valence electrons. The topological polar surface area (TPSA) is 93.3 Å². The first-order valence-corrected chi connectivity index (χ1v) is 6.66. The summed E-state index contributed by atoms with van der Waals surface area (Å²) < 4.78 is 0. The largest absolute Gasteiger partial charge is 0.478 e. The summed E-state index contributed by atoms with van der Waals surface area (Å²) in [5, 5.41) is 20.2. The maximum Gasteiger partial charge on any atom is 0.328 e. The Labute approximate surface area is 124 Å². The van der Waals surface area contributed by atoms with Gasteiger partial charge in [-0.2, -0.15) is 0 Å². The number of nitro benzene ring substituents is 1. The number of carbonyl (C=O) groups is 1. The summed E-state index contributed by atoms with van der Waals surface area (Å²) in [5.74, 6) is -1.12. The van der Waals surface area contributed by atoms with Gasteiger partial charge >= 0.3 is 5.97 Å². The number of carboxylic acids is 1. The van der Waals surface area contributed by atoms with Crippen LogP contribution in [0.2, 0.25) is 0 Å². The summed E-state index contributed by atoms with van der Waals surface area (Å²) in [4.78, 5) is 25.8. The van der Waals surface area contributed by atoms with Crippen LogP contribution in [0.4, 0.5) is 5.69 Å². The Balaban J connectivity index is 2.39. The first-order valence-electron chi connectivity index (χ1n) is 5.84. The third kappa shape index (κ3) is 4.15. The number of carboxylic acid groups (broad SMARTS) is 1. The van der Waals surface area contributed by atoms with Crippen LogP contribution < -0.4 is 0 Å². The van der Waals surface area contributed by atoms with E-state index in [-0.39, 0.29) is 5.69 Å². The number of nitrogens with zero attached hydrogens (tertiary/aromatic N) is 2. The molecule has 0 aliphatic carbocycles. The summed E-state index contributed by atoms with van der Waals surface area (Å²) >= 11 is 1.31. The SMILES string of the molecule is O=C(O)/C=C/c1cc([N+](=O)[O-])ccc1Sc1ccccn1. The second-order valence-corrected chi connectivity index (χ2v) is 4.98. The molecule has 1 heterocycles. The van der Waals surface area contributed by atoms with E-state index in [1.165, 1.54) is 30.0 Å². The third-order valence-electron chi connectivity index (χ3n) is 2.46. The predicted molar refractivity (Wildman–Crippen MR) is 78.1 cm³/mol. The fraction of sp³-hybridized carbons (Fsp3) is 0. The van der Waals surface area contributed by atoms with E-state index >= 15 is 0 Å². The second kappa shape index (κ2) is 6.67. The van der Waals surface area contributed by atoms with Crippen LogP contribution >= 0.6 is 11.8 Å². The van der Waals surface area contributed by atoms with Crippen molar-refractivity contribution in [1.29, 1.82) is 0 Å². The molecule has 0 atom stereocenters. The van der Waals surface area contributed by atoms with Crippen LogP contribution in [0.1, 0.15) is 5.56 Å². The quantitative estimate of drug-likeness (QED) is 0.517. The number of nitro groups is 1. The first kappa shape index (κ1) is 14.7. The van der Waals surface area contributed by atoms with E-state index in [0.717, 1.165) is 11.1 Å². The van der Waals surface area contributed by atoms with Crippen LogP contribution in [0.3, 0.4) is 0 Å². The summed E-state index contributed by atoms with van der Waals surface area (Å²) in [6.07, 6.45) is 3.92. The van der Waals surface area contributed by atoms with Gasteiger partial charge in [0.15, 0.2) is 0 Å². The Bertz CT molecular complexity index is 701. The molecule has 0 bridgehead atoms. The van der Waals surface area contributed by atoms with Crippen molar-refractivity contribution in [2.75, 3.05) is 0 Å². The molecule has 0 saturated heterocycles. The minimum atomic E-state index is -1.12. The highest BCUT2D eigenvalue weighted by molar-refractivity contribution is 7.99. The minimum Gasteiger partial charge on any atom is -0.478 e. The summed E-state index contributed by atoms with van der Waals surface area (Å²) in [6.45, 7) is 0. The van der Waals surface area contributed by atoms with Gasteiger partial charge in [0.1, 0.15) is 5.03 Å². The van der Waals surface area contributed by atoms with Crippen LogP contribution in [-0.4, -0.2) is 21.0 Å². The van der Waals surface area contributed by atoms with Crippen LogP contribution in [0, 0.1) is 10.1 Å². The molecule has 0 aliphatic heterocycles. The van der Waals surface area contributed by atoms with Crippen LogP contribution in [0.25, 0.3) is 6.08 Å². The average Bonchev–Trinajstić information content (AvgIpc) is 2.47.